The van der Waals surface area contributed by atoms with E-state index in [9.17, 15) is 4.79 Å². The number of anilines is 3. The van der Waals surface area contributed by atoms with Crippen molar-refractivity contribution in [2.45, 2.75) is 19.9 Å². The van der Waals surface area contributed by atoms with Crippen molar-refractivity contribution in [3.8, 4) is 0 Å². The highest BCUT2D eigenvalue weighted by molar-refractivity contribution is 9.10. The molecule has 0 aliphatic carbocycles. The summed E-state index contributed by atoms with van der Waals surface area (Å²) in [5, 5.41) is 11.0. The molecule has 1 aliphatic heterocycles. The second-order valence-electron chi connectivity index (χ2n) is 8.24. The minimum atomic E-state index is -0.109. The van der Waals surface area contributed by atoms with Gasteiger partial charge in [0.15, 0.2) is 5.65 Å². The number of rotatable bonds is 4. The maximum Gasteiger partial charge on any atom is 0.255 e. The van der Waals surface area contributed by atoms with Gasteiger partial charge in [0.05, 0.1) is 5.39 Å². The first-order chi connectivity index (χ1) is 16.0. The monoisotopic (exact) mass is 505 g/mol. The number of H-pyrrole nitrogens is 1. The first-order valence-electron chi connectivity index (χ1n) is 10.8. The summed E-state index contributed by atoms with van der Waals surface area (Å²) in [6.45, 7) is 6.69. The maximum absolute atomic E-state index is 12.8. The Bertz CT molecular complexity index is 1310. The predicted octanol–water partition coefficient (Wildman–Crippen LogP) is 4.39. The molecule has 0 spiro atoms. The van der Waals surface area contributed by atoms with Crippen LogP contribution in [0.15, 0.2) is 59.5 Å². The van der Waals surface area contributed by atoms with Crippen molar-refractivity contribution in [2.24, 2.45) is 0 Å². The second-order valence-corrected chi connectivity index (χ2v) is 9.04. The molecule has 0 saturated carbocycles. The van der Waals surface area contributed by atoms with E-state index in [2.05, 4.69) is 65.1 Å². The highest BCUT2D eigenvalue weighted by Crippen LogP contribution is 2.32. The van der Waals surface area contributed by atoms with Crippen molar-refractivity contribution in [1.82, 2.24) is 20.2 Å². The third-order valence-electron chi connectivity index (χ3n) is 6.03. The first kappa shape index (κ1) is 21.4. The SMILES string of the molecule is Cc1ccc(C(=O)Nc2ccccc2)cc1N1CCN(c2ncnc3n[nH]c(Br)c23)CC1C. The van der Waals surface area contributed by atoms with Crippen molar-refractivity contribution < 1.29 is 4.79 Å². The summed E-state index contributed by atoms with van der Waals surface area (Å²) < 4.78 is 0.788. The van der Waals surface area contributed by atoms with Crippen LogP contribution in [0.5, 0.6) is 0 Å². The van der Waals surface area contributed by atoms with E-state index in [1.807, 2.05) is 48.5 Å². The Morgan fingerprint density at radius 1 is 1.15 bits per heavy atom. The lowest BCUT2D eigenvalue weighted by atomic mass is 10.0. The molecule has 1 atom stereocenters. The molecule has 1 unspecified atom stereocenters. The first-order valence-corrected chi connectivity index (χ1v) is 11.6. The summed E-state index contributed by atoms with van der Waals surface area (Å²) in [7, 11) is 0. The topological polar surface area (TPSA) is 90.0 Å². The van der Waals surface area contributed by atoms with Crippen LogP contribution in [0.4, 0.5) is 17.2 Å². The summed E-state index contributed by atoms with van der Waals surface area (Å²) in [5.74, 6) is 0.766. The summed E-state index contributed by atoms with van der Waals surface area (Å²) in [6.07, 6.45) is 1.56. The molecule has 1 aliphatic rings. The third kappa shape index (κ3) is 4.16. The number of amides is 1. The zero-order valence-electron chi connectivity index (χ0n) is 18.4. The van der Waals surface area contributed by atoms with Crippen LogP contribution in [-0.2, 0) is 0 Å². The number of benzene rings is 2. The lowest BCUT2D eigenvalue weighted by Crippen LogP contribution is -2.52. The number of aryl methyl sites for hydroxylation is 1. The van der Waals surface area contributed by atoms with Gasteiger partial charge in [-0.1, -0.05) is 24.3 Å². The van der Waals surface area contributed by atoms with Crippen molar-refractivity contribution >= 4 is 50.1 Å². The number of carbonyl (C=O) groups excluding carboxylic acids is 1. The van der Waals surface area contributed by atoms with Gasteiger partial charge in [-0.15, -0.1) is 0 Å². The van der Waals surface area contributed by atoms with Gasteiger partial charge >= 0.3 is 0 Å². The number of piperazine rings is 1. The molecular weight excluding hydrogens is 482 g/mol. The van der Waals surface area contributed by atoms with E-state index >= 15 is 0 Å². The average molecular weight is 506 g/mol. The van der Waals surface area contributed by atoms with Crippen LogP contribution in [0.1, 0.15) is 22.8 Å². The molecule has 168 valence electrons. The molecule has 9 heteroatoms. The van der Waals surface area contributed by atoms with E-state index in [-0.39, 0.29) is 11.9 Å². The van der Waals surface area contributed by atoms with E-state index < -0.39 is 0 Å². The van der Waals surface area contributed by atoms with E-state index in [1.165, 1.54) is 0 Å². The number of para-hydroxylation sites is 1. The average Bonchev–Trinajstić information content (AvgIpc) is 3.21. The highest BCUT2D eigenvalue weighted by Gasteiger charge is 2.28. The standard InChI is InChI=1S/C24H24BrN7O/c1-15-8-9-17(24(33)28-18-6-4-3-5-7-18)12-19(15)32-11-10-31(13-16(32)2)23-20-21(25)29-30-22(20)26-14-27-23/h3-9,12,14,16H,10-11,13H2,1-2H3,(H,28,33)(H,26,27,29,30). The van der Waals surface area contributed by atoms with Gasteiger partial charge in [-0.2, -0.15) is 5.10 Å². The number of hydrogen-bond acceptors (Lipinski definition) is 6. The van der Waals surface area contributed by atoms with Crippen molar-refractivity contribution in [3.05, 3.63) is 70.6 Å². The van der Waals surface area contributed by atoms with E-state index in [0.29, 0.717) is 11.2 Å². The Balaban J connectivity index is 1.37. The number of aromatic amines is 1. The largest absolute Gasteiger partial charge is 0.365 e. The summed E-state index contributed by atoms with van der Waals surface area (Å²) in [4.78, 5) is 26.3. The number of nitrogens with zero attached hydrogens (tertiary/aromatic N) is 5. The third-order valence-corrected chi connectivity index (χ3v) is 6.60. The number of aromatic nitrogens is 4. The molecule has 2 aromatic heterocycles. The fourth-order valence-electron chi connectivity index (χ4n) is 4.34. The maximum atomic E-state index is 12.8. The molecule has 0 bridgehead atoms. The van der Waals surface area contributed by atoms with Crippen LogP contribution in [0.3, 0.4) is 0 Å². The normalized spacial score (nSPS) is 16.3. The van der Waals surface area contributed by atoms with Gasteiger partial charge in [0.25, 0.3) is 5.91 Å². The van der Waals surface area contributed by atoms with Crippen LogP contribution < -0.4 is 15.1 Å². The molecule has 1 saturated heterocycles. The minimum absolute atomic E-state index is 0.109. The van der Waals surface area contributed by atoms with Crippen LogP contribution in [0.2, 0.25) is 0 Å². The summed E-state index contributed by atoms with van der Waals surface area (Å²) in [5.41, 5.74) is 4.31. The molecule has 33 heavy (non-hydrogen) atoms. The lowest BCUT2D eigenvalue weighted by molar-refractivity contribution is 0.102. The Hall–Kier alpha value is -3.46. The van der Waals surface area contributed by atoms with Gasteiger partial charge in [-0.25, -0.2) is 9.97 Å². The molecule has 2 aromatic carbocycles. The van der Waals surface area contributed by atoms with Crippen LogP contribution in [0.25, 0.3) is 11.0 Å². The van der Waals surface area contributed by atoms with Crippen LogP contribution >= 0.6 is 15.9 Å². The van der Waals surface area contributed by atoms with Gasteiger partial charge in [-0.05, 0) is 59.6 Å². The lowest BCUT2D eigenvalue weighted by Gasteiger charge is -2.42. The van der Waals surface area contributed by atoms with Gasteiger partial charge in [0.2, 0.25) is 0 Å². The van der Waals surface area contributed by atoms with E-state index in [4.69, 9.17) is 0 Å². The van der Waals surface area contributed by atoms with E-state index in [1.54, 1.807) is 6.33 Å². The molecule has 4 aromatic rings. The number of nitrogens with one attached hydrogen (secondary N) is 2. The molecule has 0 radical (unpaired) electrons. The zero-order valence-corrected chi connectivity index (χ0v) is 20.0. The van der Waals surface area contributed by atoms with Crippen LogP contribution in [-0.4, -0.2) is 51.7 Å². The minimum Gasteiger partial charge on any atom is -0.365 e. The van der Waals surface area contributed by atoms with Crippen molar-refractivity contribution in [3.63, 3.8) is 0 Å². The Morgan fingerprint density at radius 3 is 2.76 bits per heavy atom. The quantitative estimate of drug-likeness (QED) is 0.427. The molecule has 1 fully saturated rings. The summed E-state index contributed by atoms with van der Waals surface area (Å²) in [6, 6.07) is 15.6. The van der Waals surface area contributed by atoms with Crippen molar-refractivity contribution in [1.29, 1.82) is 0 Å². The van der Waals surface area contributed by atoms with Crippen molar-refractivity contribution in [2.75, 3.05) is 34.8 Å². The smallest absolute Gasteiger partial charge is 0.255 e. The molecule has 2 N–H and O–H groups in total. The summed E-state index contributed by atoms with van der Waals surface area (Å²) >= 11 is 3.53. The van der Waals surface area contributed by atoms with Gasteiger partial charge in [-0.3, -0.25) is 9.89 Å². The number of carbonyl (C=O) groups is 1. The van der Waals surface area contributed by atoms with Gasteiger partial charge < -0.3 is 15.1 Å². The molecular formula is C24H24BrN7O. The van der Waals surface area contributed by atoms with Gasteiger partial charge in [0.1, 0.15) is 16.7 Å². The van der Waals surface area contributed by atoms with E-state index in [0.717, 1.165) is 52.4 Å². The Kier molecular flexibility index (Phi) is 5.72. The second kappa shape index (κ2) is 8.82. The number of halogens is 1. The fraction of sp³-hybridized carbons (Fsp3) is 0.250. The zero-order chi connectivity index (χ0) is 22.9. The van der Waals surface area contributed by atoms with Crippen LogP contribution in [0, 0.1) is 6.92 Å². The number of hydrogen-bond donors (Lipinski definition) is 2. The Labute approximate surface area is 200 Å². The Morgan fingerprint density at radius 2 is 1.97 bits per heavy atom. The fourth-order valence-corrected chi connectivity index (χ4v) is 4.78. The predicted molar refractivity (Wildman–Crippen MR) is 134 cm³/mol. The highest BCUT2D eigenvalue weighted by atomic mass is 79.9. The molecule has 1 amide bonds. The molecule has 8 nitrogen and oxygen atoms in total. The van der Waals surface area contributed by atoms with Gasteiger partial charge in [0, 0.05) is 42.6 Å². The molecule has 3 heterocycles. The number of fused-ring (bicyclic) bond motifs is 1. The molecule has 5 rings (SSSR count).